The smallest absolute Gasteiger partial charge is 0.399 e. The number of nitrogens with two attached hydrogens (primary N) is 1. The summed E-state index contributed by atoms with van der Waals surface area (Å²) in [6, 6.07) is 19.1. The predicted octanol–water partition coefficient (Wildman–Crippen LogP) is 6.89. The van der Waals surface area contributed by atoms with Crippen LogP contribution < -0.4 is 10.6 Å². The Kier molecular flexibility index (Phi) is 7.40. The Morgan fingerprint density at radius 2 is 1.61 bits per heavy atom. The van der Waals surface area contributed by atoms with Crippen LogP contribution in [0, 0.1) is 0 Å². The fourth-order valence-electron chi connectivity index (χ4n) is 6.19. The number of hydrogen-bond acceptors (Lipinski definition) is 5. The molecule has 0 atom stereocenters. The minimum absolute atomic E-state index is 0.112. The Bertz CT molecular complexity index is 1430. The number of piperidine rings is 2. The number of para-hydroxylation sites is 1. The topological polar surface area (TPSA) is 52.8 Å². The molecular formula is C31H32F4N4OS. The largest absolute Gasteiger partial charge is 0.416 e. The molecule has 0 radical (unpaired) electrons. The van der Waals surface area contributed by atoms with E-state index in [2.05, 4.69) is 4.90 Å². The molecule has 0 aromatic heterocycles. The zero-order valence-electron chi connectivity index (χ0n) is 22.5. The number of hydrogen-bond donors (Lipinski definition) is 1. The Hall–Kier alpha value is -3.24. The van der Waals surface area contributed by atoms with Crippen molar-refractivity contribution in [2.45, 2.75) is 59.9 Å². The van der Waals surface area contributed by atoms with E-state index >= 15 is 4.39 Å². The molecule has 41 heavy (non-hydrogen) atoms. The second kappa shape index (κ2) is 10.9. The highest BCUT2D eigenvalue weighted by Gasteiger charge is 2.45. The second-order valence-electron chi connectivity index (χ2n) is 11.1. The Morgan fingerprint density at radius 1 is 0.902 bits per heavy atom. The molecule has 3 aliphatic heterocycles. The third kappa shape index (κ3) is 5.64. The number of anilines is 3. The van der Waals surface area contributed by atoms with Gasteiger partial charge in [0.2, 0.25) is 0 Å². The summed E-state index contributed by atoms with van der Waals surface area (Å²) in [6.45, 7) is 2.35. The van der Waals surface area contributed by atoms with Gasteiger partial charge in [-0.15, -0.1) is 0 Å². The van der Waals surface area contributed by atoms with Crippen molar-refractivity contribution in [3.8, 4) is 0 Å². The molecule has 10 heteroatoms. The van der Waals surface area contributed by atoms with Crippen molar-refractivity contribution in [3.63, 3.8) is 0 Å². The van der Waals surface area contributed by atoms with Crippen molar-refractivity contribution >= 4 is 34.7 Å². The van der Waals surface area contributed by atoms with Gasteiger partial charge in [-0.2, -0.15) is 13.2 Å². The maximum absolute atomic E-state index is 16.0. The van der Waals surface area contributed by atoms with Gasteiger partial charge < -0.3 is 15.5 Å². The van der Waals surface area contributed by atoms with Crippen molar-refractivity contribution in [3.05, 3.63) is 77.9 Å². The first-order valence-electron chi connectivity index (χ1n) is 13.9. The summed E-state index contributed by atoms with van der Waals surface area (Å²) in [5, 5.41) is 0. The Balaban J connectivity index is 1.13. The number of nitrogen functional groups attached to an aromatic ring is 1. The predicted molar refractivity (Wildman–Crippen MR) is 153 cm³/mol. The molecule has 5 nitrogen and oxygen atoms in total. The van der Waals surface area contributed by atoms with Gasteiger partial charge in [0.15, 0.2) is 5.67 Å². The zero-order chi connectivity index (χ0) is 28.8. The van der Waals surface area contributed by atoms with E-state index in [1.54, 1.807) is 4.90 Å². The highest BCUT2D eigenvalue weighted by molar-refractivity contribution is 7.99. The highest BCUT2D eigenvalue weighted by Crippen LogP contribution is 2.51. The van der Waals surface area contributed by atoms with Crippen molar-refractivity contribution in [1.82, 2.24) is 9.80 Å². The normalized spacial score (nSPS) is 19.5. The number of amides is 1. The number of carbonyl (C=O) groups excluding carboxylic acids is 1. The number of nitrogens with zero attached hydrogens (tertiary/aromatic N) is 3. The maximum atomic E-state index is 16.0. The molecule has 0 saturated carbocycles. The van der Waals surface area contributed by atoms with Gasteiger partial charge in [0.05, 0.1) is 16.9 Å². The van der Waals surface area contributed by atoms with Crippen LogP contribution in [-0.2, 0) is 17.5 Å². The lowest BCUT2D eigenvalue weighted by molar-refractivity contribution is -0.148. The molecule has 2 N–H and O–H groups in total. The third-order valence-electron chi connectivity index (χ3n) is 8.40. The first-order valence-corrected chi connectivity index (χ1v) is 14.7. The van der Waals surface area contributed by atoms with E-state index in [0.717, 1.165) is 27.1 Å². The number of rotatable bonds is 4. The monoisotopic (exact) mass is 584 g/mol. The van der Waals surface area contributed by atoms with E-state index in [-0.39, 0.29) is 18.9 Å². The molecule has 2 fully saturated rings. The summed E-state index contributed by atoms with van der Waals surface area (Å²) in [6.07, 6.45) is -3.09. The van der Waals surface area contributed by atoms with Crippen LogP contribution in [0.1, 0.15) is 36.8 Å². The minimum atomic E-state index is -4.45. The molecule has 0 spiro atoms. The molecule has 2 saturated heterocycles. The molecule has 216 valence electrons. The van der Waals surface area contributed by atoms with Crippen LogP contribution in [0.25, 0.3) is 0 Å². The van der Waals surface area contributed by atoms with E-state index in [0.29, 0.717) is 56.9 Å². The lowest BCUT2D eigenvalue weighted by Gasteiger charge is -2.44. The van der Waals surface area contributed by atoms with Gasteiger partial charge in [-0.25, -0.2) is 4.39 Å². The Labute approximate surface area is 241 Å². The van der Waals surface area contributed by atoms with Crippen molar-refractivity contribution in [2.24, 2.45) is 0 Å². The first-order chi connectivity index (χ1) is 19.6. The van der Waals surface area contributed by atoms with Gasteiger partial charge in [-0.3, -0.25) is 9.69 Å². The molecule has 0 aliphatic carbocycles. The van der Waals surface area contributed by atoms with Gasteiger partial charge in [0, 0.05) is 67.1 Å². The van der Waals surface area contributed by atoms with Gasteiger partial charge in [-0.05, 0) is 60.9 Å². The van der Waals surface area contributed by atoms with E-state index in [4.69, 9.17) is 5.73 Å². The first kappa shape index (κ1) is 27.9. The van der Waals surface area contributed by atoms with Crippen molar-refractivity contribution < 1.29 is 22.4 Å². The van der Waals surface area contributed by atoms with E-state index in [1.807, 2.05) is 53.4 Å². The van der Waals surface area contributed by atoms with E-state index in [1.165, 1.54) is 23.9 Å². The molecule has 3 aliphatic rings. The van der Waals surface area contributed by atoms with Gasteiger partial charge in [0.1, 0.15) is 0 Å². The fourth-order valence-corrected chi connectivity index (χ4v) is 7.24. The van der Waals surface area contributed by atoms with Crippen LogP contribution in [0.15, 0.2) is 76.5 Å². The van der Waals surface area contributed by atoms with Gasteiger partial charge in [-0.1, -0.05) is 36.0 Å². The average molecular weight is 585 g/mol. The highest BCUT2D eigenvalue weighted by atomic mass is 32.2. The standard InChI is InChI=1S/C31H32F4N4OS/c32-30(12-16-37(17-13-30)20-21-4-3-5-23(36)18-21)29(40)38-14-10-24(11-15-38)39-25-6-1-2-7-27(25)41-28-9-8-22(19-26(28)39)31(33,34)35/h1-9,18-19,24H,10-17,20,36H2. The summed E-state index contributed by atoms with van der Waals surface area (Å²) in [5.41, 5.74) is 6.44. The summed E-state index contributed by atoms with van der Waals surface area (Å²) in [5.74, 6) is -0.464. The Morgan fingerprint density at radius 3 is 2.32 bits per heavy atom. The zero-order valence-corrected chi connectivity index (χ0v) is 23.4. The summed E-state index contributed by atoms with van der Waals surface area (Å²) < 4.78 is 56.8. The van der Waals surface area contributed by atoms with Crippen molar-refractivity contribution in [1.29, 1.82) is 0 Å². The van der Waals surface area contributed by atoms with Gasteiger partial charge >= 0.3 is 6.18 Å². The van der Waals surface area contributed by atoms with Crippen molar-refractivity contribution in [2.75, 3.05) is 36.8 Å². The number of carbonyl (C=O) groups is 1. The lowest BCUT2D eigenvalue weighted by atomic mass is 9.90. The number of halogens is 4. The molecular weight excluding hydrogens is 552 g/mol. The molecule has 1 amide bonds. The number of benzene rings is 3. The lowest BCUT2D eigenvalue weighted by Crippen LogP contribution is -2.55. The quantitative estimate of drug-likeness (QED) is 0.268. The van der Waals surface area contributed by atoms with Crippen LogP contribution >= 0.6 is 11.8 Å². The summed E-state index contributed by atoms with van der Waals surface area (Å²) in [7, 11) is 0. The fraction of sp³-hybridized carbons (Fsp3) is 0.387. The molecule has 0 unspecified atom stereocenters. The second-order valence-corrected chi connectivity index (χ2v) is 12.2. The minimum Gasteiger partial charge on any atom is -0.399 e. The molecule has 3 aromatic rings. The SMILES string of the molecule is Nc1cccc(CN2CCC(F)(C(=O)N3CCC(N4c5ccccc5Sc5ccc(C(F)(F)F)cc54)CC3)CC2)c1. The summed E-state index contributed by atoms with van der Waals surface area (Å²) >= 11 is 1.46. The maximum Gasteiger partial charge on any atom is 0.416 e. The molecule has 3 heterocycles. The van der Waals surface area contributed by atoms with Crippen LogP contribution in [0.3, 0.4) is 0 Å². The van der Waals surface area contributed by atoms with Crippen LogP contribution in [0.5, 0.6) is 0 Å². The summed E-state index contributed by atoms with van der Waals surface area (Å²) in [4.78, 5) is 20.9. The average Bonchev–Trinajstić information content (AvgIpc) is 2.96. The van der Waals surface area contributed by atoms with Gasteiger partial charge in [0.25, 0.3) is 5.91 Å². The molecule has 3 aromatic carbocycles. The molecule has 6 rings (SSSR count). The number of fused-ring (bicyclic) bond motifs is 2. The third-order valence-corrected chi connectivity index (χ3v) is 9.53. The van der Waals surface area contributed by atoms with Crippen LogP contribution in [0.4, 0.5) is 34.6 Å². The molecule has 0 bridgehead atoms. The van der Waals surface area contributed by atoms with E-state index in [9.17, 15) is 18.0 Å². The van der Waals surface area contributed by atoms with E-state index < -0.39 is 23.3 Å². The van der Waals surface area contributed by atoms with Crippen LogP contribution in [0.2, 0.25) is 0 Å². The number of alkyl halides is 4. The van der Waals surface area contributed by atoms with Crippen LogP contribution in [-0.4, -0.2) is 53.6 Å². The number of likely N-dealkylation sites (tertiary alicyclic amines) is 2.